The predicted molar refractivity (Wildman–Crippen MR) is 89.4 cm³/mol. The summed E-state index contributed by atoms with van der Waals surface area (Å²) in [7, 11) is 0. The van der Waals surface area contributed by atoms with E-state index >= 15 is 0 Å². The Labute approximate surface area is 132 Å². The second-order valence-corrected chi connectivity index (χ2v) is 5.78. The molecule has 0 bridgehead atoms. The molecule has 1 amide bonds. The van der Waals surface area contributed by atoms with Crippen molar-refractivity contribution < 1.29 is 9.53 Å². The highest BCUT2D eigenvalue weighted by atomic mass is 16.5. The number of hydrogen-bond acceptors (Lipinski definition) is 2. The number of benzene rings is 2. The standard InChI is InChI=1S/C19H23NO2/c1-14(2)16-9-11-18(12-10-16)22-13-15(3)20-19(21)17-7-5-4-6-8-17/h4-12,14-15H,13H2,1-3H3,(H,20,21)/t15-/m0/s1. The van der Waals surface area contributed by atoms with Crippen LogP contribution >= 0.6 is 0 Å². The smallest absolute Gasteiger partial charge is 0.251 e. The minimum Gasteiger partial charge on any atom is -0.491 e. The van der Waals surface area contributed by atoms with E-state index < -0.39 is 0 Å². The van der Waals surface area contributed by atoms with Crippen molar-refractivity contribution in [2.45, 2.75) is 32.7 Å². The number of rotatable bonds is 6. The number of carbonyl (C=O) groups is 1. The number of ether oxygens (including phenoxy) is 1. The van der Waals surface area contributed by atoms with Gasteiger partial charge in [0.25, 0.3) is 5.91 Å². The van der Waals surface area contributed by atoms with Crippen LogP contribution in [-0.4, -0.2) is 18.6 Å². The highest BCUT2D eigenvalue weighted by molar-refractivity contribution is 5.94. The van der Waals surface area contributed by atoms with Crippen LogP contribution in [0.1, 0.15) is 42.6 Å². The van der Waals surface area contributed by atoms with Crippen molar-refractivity contribution in [2.75, 3.05) is 6.61 Å². The van der Waals surface area contributed by atoms with Crippen molar-refractivity contribution in [1.82, 2.24) is 5.32 Å². The molecular formula is C19H23NO2. The number of carbonyl (C=O) groups excluding carboxylic acids is 1. The molecule has 0 fully saturated rings. The first-order valence-electron chi connectivity index (χ1n) is 7.65. The van der Waals surface area contributed by atoms with E-state index in [4.69, 9.17) is 4.74 Å². The molecule has 0 heterocycles. The number of nitrogens with one attached hydrogen (secondary N) is 1. The molecule has 0 aliphatic carbocycles. The molecule has 2 rings (SSSR count). The summed E-state index contributed by atoms with van der Waals surface area (Å²) < 4.78 is 5.72. The summed E-state index contributed by atoms with van der Waals surface area (Å²) in [5.74, 6) is 1.26. The molecule has 0 aliphatic rings. The molecule has 3 heteroatoms. The van der Waals surface area contributed by atoms with E-state index in [-0.39, 0.29) is 11.9 Å². The van der Waals surface area contributed by atoms with Gasteiger partial charge in [-0.2, -0.15) is 0 Å². The molecule has 0 aromatic heterocycles. The predicted octanol–water partition coefficient (Wildman–Crippen LogP) is 4.01. The van der Waals surface area contributed by atoms with Gasteiger partial charge in [-0.05, 0) is 42.7 Å². The quantitative estimate of drug-likeness (QED) is 0.875. The Hall–Kier alpha value is -2.29. The molecule has 1 N–H and O–H groups in total. The molecule has 116 valence electrons. The van der Waals surface area contributed by atoms with Crippen LogP contribution in [0.5, 0.6) is 5.75 Å². The van der Waals surface area contributed by atoms with E-state index in [1.165, 1.54) is 5.56 Å². The maximum Gasteiger partial charge on any atom is 0.251 e. The van der Waals surface area contributed by atoms with Crippen LogP contribution in [0.4, 0.5) is 0 Å². The van der Waals surface area contributed by atoms with E-state index in [1.54, 1.807) is 12.1 Å². The van der Waals surface area contributed by atoms with Gasteiger partial charge in [0, 0.05) is 5.56 Å². The minimum absolute atomic E-state index is 0.0579. The molecule has 0 aliphatic heterocycles. The summed E-state index contributed by atoms with van der Waals surface area (Å²) in [6.07, 6.45) is 0. The third-order valence-corrected chi connectivity index (χ3v) is 3.46. The second kappa shape index (κ2) is 7.64. The third kappa shape index (κ3) is 4.62. The average molecular weight is 297 g/mol. The fourth-order valence-corrected chi connectivity index (χ4v) is 2.11. The lowest BCUT2D eigenvalue weighted by Crippen LogP contribution is -2.36. The zero-order valence-electron chi connectivity index (χ0n) is 13.4. The van der Waals surface area contributed by atoms with Crippen LogP contribution in [0.25, 0.3) is 0 Å². The van der Waals surface area contributed by atoms with Crippen molar-refractivity contribution in [3.63, 3.8) is 0 Å². The van der Waals surface area contributed by atoms with Crippen LogP contribution in [0.2, 0.25) is 0 Å². The summed E-state index contributed by atoms with van der Waals surface area (Å²) in [6, 6.07) is 17.2. The van der Waals surface area contributed by atoms with Gasteiger partial charge in [0.05, 0.1) is 6.04 Å². The Morgan fingerprint density at radius 2 is 1.64 bits per heavy atom. The topological polar surface area (TPSA) is 38.3 Å². The highest BCUT2D eigenvalue weighted by Gasteiger charge is 2.10. The maximum absolute atomic E-state index is 12.0. The Kier molecular flexibility index (Phi) is 5.59. The van der Waals surface area contributed by atoms with Crippen molar-refractivity contribution in [3.05, 3.63) is 65.7 Å². The minimum atomic E-state index is -0.0770. The molecular weight excluding hydrogens is 274 g/mol. The van der Waals surface area contributed by atoms with Gasteiger partial charge in [0.15, 0.2) is 0 Å². The van der Waals surface area contributed by atoms with Gasteiger partial charge in [0.1, 0.15) is 12.4 Å². The average Bonchev–Trinajstić information content (AvgIpc) is 2.54. The normalized spacial score (nSPS) is 12.0. The third-order valence-electron chi connectivity index (χ3n) is 3.46. The highest BCUT2D eigenvalue weighted by Crippen LogP contribution is 2.18. The Bertz CT molecular complexity index is 591. The van der Waals surface area contributed by atoms with E-state index in [0.717, 1.165) is 5.75 Å². The van der Waals surface area contributed by atoms with E-state index in [0.29, 0.717) is 18.1 Å². The van der Waals surface area contributed by atoms with Gasteiger partial charge in [-0.15, -0.1) is 0 Å². The summed E-state index contributed by atoms with van der Waals surface area (Å²) in [6.45, 7) is 6.71. The molecule has 0 saturated heterocycles. The Morgan fingerprint density at radius 1 is 1.00 bits per heavy atom. The molecule has 0 saturated carbocycles. The largest absolute Gasteiger partial charge is 0.491 e. The van der Waals surface area contributed by atoms with Crippen LogP contribution in [0.15, 0.2) is 54.6 Å². The van der Waals surface area contributed by atoms with E-state index in [1.807, 2.05) is 37.3 Å². The van der Waals surface area contributed by atoms with Crippen molar-refractivity contribution in [3.8, 4) is 5.75 Å². The number of hydrogen-bond donors (Lipinski definition) is 1. The summed E-state index contributed by atoms with van der Waals surface area (Å²) >= 11 is 0. The van der Waals surface area contributed by atoms with Crippen LogP contribution in [-0.2, 0) is 0 Å². The maximum atomic E-state index is 12.0. The molecule has 1 atom stereocenters. The van der Waals surface area contributed by atoms with Crippen molar-refractivity contribution in [1.29, 1.82) is 0 Å². The lowest BCUT2D eigenvalue weighted by molar-refractivity contribution is 0.0926. The summed E-state index contributed by atoms with van der Waals surface area (Å²) in [5, 5.41) is 2.93. The van der Waals surface area contributed by atoms with E-state index in [2.05, 4.69) is 31.3 Å². The molecule has 0 unspecified atom stereocenters. The fraction of sp³-hybridized carbons (Fsp3) is 0.316. The summed E-state index contributed by atoms with van der Waals surface area (Å²) in [5.41, 5.74) is 1.95. The monoisotopic (exact) mass is 297 g/mol. The second-order valence-electron chi connectivity index (χ2n) is 5.78. The van der Waals surface area contributed by atoms with Gasteiger partial charge in [-0.1, -0.05) is 44.2 Å². The Morgan fingerprint density at radius 3 is 2.23 bits per heavy atom. The molecule has 0 radical (unpaired) electrons. The first-order valence-corrected chi connectivity index (χ1v) is 7.65. The molecule has 2 aromatic carbocycles. The Balaban J connectivity index is 1.82. The number of amides is 1. The fourth-order valence-electron chi connectivity index (χ4n) is 2.11. The molecule has 22 heavy (non-hydrogen) atoms. The first-order chi connectivity index (χ1) is 10.6. The van der Waals surface area contributed by atoms with Crippen LogP contribution < -0.4 is 10.1 Å². The lowest BCUT2D eigenvalue weighted by atomic mass is 10.0. The van der Waals surface area contributed by atoms with Gasteiger partial charge < -0.3 is 10.1 Å². The van der Waals surface area contributed by atoms with Gasteiger partial charge in [0.2, 0.25) is 0 Å². The van der Waals surface area contributed by atoms with Gasteiger partial charge in [-0.3, -0.25) is 4.79 Å². The molecule has 3 nitrogen and oxygen atoms in total. The zero-order chi connectivity index (χ0) is 15.9. The summed E-state index contributed by atoms with van der Waals surface area (Å²) in [4.78, 5) is 12.0. The molecule has 0 spiro atoms. The first kappa shape index (κ1) is 16.1. The van der Waals surface area contributed by atoms with Gasteiger partial charge in [-0.25, -0.2) is 0 Å². The van der Waals surface area contributed by atoms with Crippen LogP contribution in [0, 0.1) is 0 Å². The van der Waals surface area contributed by atoms with Crippen molar-refractivity contribution in [2.24, 2.45) is 0 Å². The van der Waals surface area contributed by atoms with Crippen molar-refractivity contribution >= 4 is 5.91 Å². The SMILES string of the molecule is CC(C)c1ccc(OC[C@H](C)NC(=O)c2ccccc2)cc1. The lowest BCUT2D eigenvalue weighted by Gasteiger charge is -2.15. The van der Waals surface area contributed by atoms with Gasteiger partial charge >= 0.3 is 0 Å². The van der Waals surface area contributed by atoms with E-state index in [9.17, 15) is 4.79 Å². The molecule has 2 aromatic rings. The van der Waals surface area contributed by atoms with Crippen LogP contribution in [0.3, 0.4) is 0 Å². The zero-order valence-corrected chi connectivity index (χ0v) is 13.4.